The molecular formula is C18H28N2O3. The second kappa shape index (κ2) is 8.89. The van der Waals surface area contributed by atoms with Gasteiger partial charge in [0.2, 0.25) is 0 Å². The van der Waals surface area contributed by atoms with Crippen LogP contribution in [0.3, 0.4) is 0 Å². The number of para-hydroxylation sites is 1. The van der Waals surface area contributed by atoms with E-state index >= 15 is 0 Å². The summed E-state index contributed by atoms with van der Waals surface area (Å²) in [6.45, 7) is 5.01. The summed E-state index contributed by atoms with van der Waals surface area (Å²) in [7, 11) is 1.35. The Morgan fingerprint density at radius 3 is 2.91 bits per heavy atom. The van der Waals surface area contributed by atoms with Crippen LogP contribution in [-0.4, -0.2) is 49.8 Å². The van der Waals surface area contributed by atoms with Gasteiger partial charge in [0, 0.05) is 19.0 Å². The van der Waals surface area contributed by atoms with E-state index in [1.54, 1.807) is 0 Å². The third-order valence-corrected chi connectivity index (χ3v) is 4.49. The van der Waals surface area contributed by atoms with Gasteiger partial charge < -0.3 is 15.2 Å². The molecule has 0 aromatic heterocycles. The molecule has 2 atom stereocenters. The first kappa shape index (κ1) is 17.8. The third-order valence-electron chi connectivity index (χ3n) is 4.49. The highest BCUT2D eigenvalue weighted by molar-refractivity contribution is 5.75. The van der Waals surface area contributed by atoms with Crippen molar-refractivity contribution in [3.05, 3.63) is 29.8 Å². The Morgan fingerprint density at radius 2 is 2.17 bits per heavy atom. The number of rotatable bonds is 7. The summed E-state index contributed by atoms with van der Waals surface area (Å²) >= 11 is 0. The van der Waals surface area contributed by atoms with Crippen molar-refractivity contribution in [2.45, 2.75) is 44.7 Å². The van der Waals surface area contributed by atoms with Crippen LogP contribution in [0.25, 0.3) is 0 Å². The van der Waals surface area contributed by atoms with Crippen LogP contribution in [0.5, 0.6) is 5.75 Å². The number of likely N-dealkylation sites (tertiary alicyclic amines) is 1. The van der Waals surface area contributed by atoms with Gasteiger partial charge in [0.05, 0.1) is 7.11 Å². The van der Waals surface area contributed by atoms with Crippen molar-refractivity contribution in [3.63, 3.8) is 0 Å². The summed E-state index contributed by atoms with van der Waals surface area (Å²) in [5.74, 6) is 0.401. The molecule has 1 fully saturated rings. The Balaban J connectivity index is 1.88. The van der Waals surface area contributed by atoms with E-state index in [9.17, 15) is 4.79 Å². The summed E-state index contributed by atoms with van der Waals surface area (Å²) in [5, 5.41) is 0. The minimum atomic E-state index is -0.660. The Bertz CT molecular complexity index is 507. The van der Waals surface area contributed by atoms with Crippen molar-refractivity contribution in [1.29, 1.82) is 0 Å². The first-order valence-electron chi connectivity index (χ1n) is 8.40. The van der Waals surface area contributed by atoms with Gasteiger partial charge in [-0.15, -0.1) is 0 Å². The lowest BCUT2D eigenvalue weighted by Gasteiger charge is -2.33. The molecule has 0 amide bonds. The molecule has 2 unspecified atom stereocenters. The highest BCUT2D eigenvalue weighted by Crippen LogP contribution is 2.20. The number of carbonyl (C=O) groups excluding carboxylic acids is 1. The molecular weight excluding hydrogens is 292 g/mol. The van der Waals surface area contributed by atoms with Gasteiger partial charge in [0.25, 0.3) is 0 Å². The fraction of sp³-hybridized carbons (Fsp3) is 0.611. The SMILES string of the molecule is COC(=O)C(N)Cc1ccccc1OCCN1CCCCC1C. The van der Waals surface area contributed by atoms with E-state index in [1.165, 1.54) is 26.4 Å². The molecule has 128 valence electrons. The Morgan fingerprint density at radius 1 is 1.39 bits per heavy atom. The van der Waals surface area contributed by atoms with Crippen molar-refractivity contribution in [2.75, 3.05) is 26.8 Å². The van der Waals surface area contributed by atoms with Crippen molar-refractivity contribution in [1.82, 2.24) is 4.90 Å². The van der Waals surface area contributed by atoms with Crippen molar-refractivity contribution < 1.29 is 14.3 Å². The molecule has 2 rings (SSSR count). The number of benzene rings is 1. The molecule has 5 nitrogen and oxygen atoms in total. The van der Waals surface area contributed by atoms with Gasteiger partial charge in [-0.3, -0.25) is 9.69 Å². The topological polar surface area (TPSA) is 64.8 Å². The fourth-order valence-corrected chi connectivity index (χ4v) is 3.05. The average molecular weight is 320 g/mol. The maximum absolute atomic E-state index is 11.5. The molecule has 0 bridgehead atoms. The molecule has 1 aromatic carbocycles. The maximum atomic E-state index is 11.5. The van der Waals surface area contributed by atoms with Crippen LogP contribution >= 0.6 is 0 Å². The van der Waals surface area contributed by atoms with Crippen LogP contribution in [0, 0.1) is 0 Å². The lowest BCUT2D eigenvalue weighted by atomic mass is 10.0. The number of carbonyl (C=O) groups is 1. The van der Waals surface area contributed by atoms with Crippen LogP contribution in [0.2, 0.25) is 0 Å². The summed E-state index contributed by atoms with van der Waals surface area (Å²) in [4.78, 5) is 14.0. The van der Waals surface area contributed by atoms with E-state index in [4.69, 9.17) is 10.5 Å². The normalized spacial score (nSPS) is 20.0. The Labute approximate surface area is 138 Å². The van der Waals surface area contributed by atoms with E-state index in [0.717, 1.165) is 24.4 Å². The highest BCUT2D eigenvalue weighted by atomic mass is 16.5. The van der Waals surface area contributed by atoms with Gasteiger partial charge in [-0.2, -0.15) is 0 Å². The minimum absolute atomic E-state index is 0.401. The summed E-state index contributed by atoms with van der Waals surface area (Å²) in [6, 6.07) is 7.72. The fourth-order valence-electron chi connectivity index (χ4n) is 3.05. The van der Waals surface area contributed by atoms with Gasteiger partial charge in [0.15, 0.2) is 0 Å². The zero-order valence-electron chi connectivity index (χ0n) is 14.2. The van der Waals surface area contributed by atoms with E-state index in [1.807, 2.05) is 24.3 Å². The van der Waals surface area contributed by atoms with Gasteiger partial charge in [0.1, 0.15) is 18.4 Å². The van der Waals surface area contributed by atoms with Crippen LogP contribution < -0.4 is 10.5 Å². The quantitative estimate of drug-likeness (QED) is 0.778. The molecule has 0 aliphatic carbocycles. The summed E-state index contributed by atoms with van der Waals surface area (Å²) in [6.07, 6.45) is 4.29. The number of ether oxygens (including phenoxy) is 2. The molecule has 1 heterocycles. The van der Waals surface area contributed by atoms with Crippen molar-refractivity contribution in [3.8, 4) is 5.75 Å². The first-order valence-corrected chi connectivity index (χ1v) is 8.40. The number of hydrogen-bond donors (Lipinski definition) is 1. The smallest absolute Gasteiger partial charge is 0.322 e. The monoisotopic (exact) mass is 320 g/mol. The first-order chi connectivity index (χ1) is 11.1. The molecule has 0 spiro atoms. The predicted molar refractivity (Wildman–Crippen MR) is 90.5 cm³/mol. The van der Waals surface area contributed by atoms with Gasteiger partial charge in [-0.05, 0) is 37.9 Å². The molecule has 1 aliphatic rings. The molecule has 1 saturated heterocycles. The highest BCUT2D eigenvalue weighted by Gasteiger charge is 2.19. The lowest BCUT2D eigenvalue weighted by molar-refractivity contribution is -0.142. The second-order valence-corrected chi connectivity index (χ2v) is 6.17. The molecule has 1 aromatic rings. The van der Waals surface area contributed by atoms with Crippen LogP contribution in [0.1, 0.15) is 31.7 Å². The predicted octanol–water partition coefficient (Wildman–Crippen LogP) is 1.98. The lowest BCUT2D eigenvalue weighted by Crippen LogP contribution is -2.40. The van der Waals surface area contributed by atoms with Gasteiger partial charge in [-0.1, -0.05) is 24.6 Å². The molecule has 0 saturated carbocycles. The Kier molecular flexibility index (Phi) is 6.86. The molecule has 5 heteroatoms. The number of methoxy groups -OCH3 is 1. The maximum Gasteiger partial charge on any atom is 0.322 e. The summed E-state index contributed by atoms with van der Waals surface area (Å²) in [5.41, 5.74) is 6.80. The largest absolute Gasteiger partial charge is 0.492 e. The molecule has 1 aliphatic heterocycles. The Hall–Kier alpha value is -1.59. The van der Waals surface area contributed by atoms with E-state index in [0.29, 0.717) is 19.1 Å². The van der Waals surface area contributed by atoms with Gasteiger partial charge in [-0.25, -0.2) is 0 Å². The van der Waals surface area contributed by atoms with Crippen molar-refractivity contribution >= 4 is 5.97 Å². The third kappa shape index (κ3) is 5.22. The molecule has 2 N–H and O–H groups in total. The minimum Gasteiger partial charge on any atom is -0.492 e. The molecule has 23 heavy (non-hydrogen) atoms. The molecule has 0 radical (unpaired) electrons. The standard InChI is InChI=1S/C18H28N2O3/c1-14-7-5-6-10-20(14)11-12-23-17-9-4-3-8-15(17)13-16(19)18(21)22-2/h3-4,8-9,14,16H,5-7,10-13,19H2,1-2H3. The van der Waals surface area contributed by atoms with E-state index in [2.05, 4.69) is 16.6 Å². The second-order valence-electron chi connectivity index (χ2n) is 6.17. The number of hydrogen-bond acceptors (Lipinski definition) is 5. The zero-order chi connectivity index (χ0) is 16.7. The average Bonchev–Trinajstić information content (AvgIpc) is 2.57. The van der Waals surface area contributed by atoms with Crippen LogP contribution in [0.15, 0.2) is 24.3 Å². The van der Waals surface area contributed by atoms with Gasteiger partial charge >= 0.3 is 5.97 Å². The number of nitrogens with two attached hydrogens (primary N) is 1. The van der Waals surface area contributed by atoms with E-state index in [-0.39, 0.29) is 0 Å². The van der Waals surface area contributed by atoms with Crippen LogP contribution in [0.4, 0.5) is 0 Å². The summed E-state index contributed by atoms with van der Waals surface area (Å²) < 4.78 is 10.6. The zero-order valence-corrected chi connectivity index (χ0v) is 14.2. The number of piperidine rings is 1. The van der Waals surface area contributed by atoms with E-state index < -0.39 is 12.0 Å². The van der Waals surface area contributed by atoms with Crippen molar-refractivity contribution in [2.24, 2.45) is 5.73 Å². The van der Waals surface area contributed by atoms with Crippen LogP contribution in [-0.2, 0) is 16.0 Å². The number of nitrogens with zero attached hydrogens (tertiary/aromatic N) is 1. The number of esters is 1.